The van der Waals surface area contributed by atoms with E-state index in [0.717, 1.165) is 24.8 Å². The maximum atomic E-state index is 13.3. The summed E-state index contributed by atoms with van der Waals surface area (Å²) in [6.07, 6.45) is 2.53. The molecule has 1 amide bonds. The summed E-state index contributed by atoms with van der Waals surface area (Å²) in [5.41, 5.74) is 1.53. The third kappa shape index (κ3) is 5.28. The number of piperidine rings is 1. The molecule has 1 saturated heterocycles. The number of amides is 1. The summed E-state index contributed by atoms with van der Waals surface area (Å²) in [4.78, 5) is 24.6. The smallest absolute Gasteiger partial charge is 0.338 e. The van der Waals surface area contributed by atoms with E-state index in [-0.39, 0.29) is 22.3 Å². The summed E-state index contributed by atoms with van der Waals surface area (Å²) in [6, 6.07) is 11.2. The van der Waals surface area contributed by atoms with E-state index in [0.29, 0.717) is 12.2 Å². The van der Waals surface area contributed by atoms with Crippen molar-refractivity contribution in [2.75, 3.05) is 25.6 Å². The highest BCUT2D eigenvalue weighted by Gasteiger charge is 2.33. The molecule has 1 aliphatic rings. The van der Waals surface area contributed by atoms with Crippen LogP contribution in [0, 0.1) is 6.92 Å². The lowest BCUT2D eigenvalue weighted by atomic mass is 10.1. The number of hydrogen-bond acceptors (Lipinski definition) is 6. The molecule has 0 spiro atoms. The Labute approximate surface area is 188 Å². The van der Waals surface area contributed by atoms with Crippen LogP contribution in [0.1, 0.15) is 42.1 Å². The third-order valence-corrected chi connectivity index (χ3v) is 7.52. The number of carbonyl (C=O) groups is 2. The number of esters is 1. The minimum atomic E-state index is -3.87. The monoisotopic (exact) mass is 460 g/mol. The van der Waals surface area contributed by atoms with E-state index >= 15 is 0 Å². The van der Waals surface area contributed by atoms with Gasteiger partial charge >= 0.3 is 5.97 Å². The number of nitrogens with one attached hydrogen (secondary N) is 1. The number of benzene rings is 2. The first kappa shape index (κ1) is 23.7. The number of aryl methyl sites for hydroxylation is 1. The Kier molecular flexibility index (Phi) is 7.52. The highest BCUT2D eigenvalue weighted by molar-refractivity contribution is 7.89. The predicted octanol–water partition coefficient (Wildman–Crippen LogP) is 3.36. The molecule has 1 atom stereocenters. The molecule has 0 saturated carbocycles. The van der Waals surface area contributed by atoms with Crippen LogP contribution in [0.25, 0.3) is 0 Å². The molecule has 1 heterocycles. The molecule has 2 aromatic carbocycles. The zero-order chi connectivity index (χ0) is 23.3. The average molecular weight is 461 g/mol. The van der Waals surface area contributed by atoms with E-state index in [4.69, 9.17) is 9.47 Å². The molecule has 0 bridgehead atoms. The number of anilines is 1. The van der Waals surface area contributed by atoms with Gasteiger partial charge in [0.25, 0.3) is 5.91 Å². The number of methoxy groups -OCH3 is 1. The molecule has 32 heavy (non-hydrogen) atoms. The number of ether oxygens (including phenoxy) is 2. The molecule has 0 aromatic heterocycles. The summed E-state index contributed by atoms with van der Waals surface area (Å²) in [5.74, 6) is -1.14. The van der Waals surface area contributed by atoms with Gasteiger partial charge in [-0.2, -0.15) is 4.31 Å². The topological polar surface area (TPSA) is 102 Å². The number of para-hydroxylation sites is 1. The van der Waals surface area contributed by atoms with Crippen LogP contribution in [0.2, 0.25) is 0 Å². The Hall–Kier alpha value is -2.91. The van der Waals surface area contributed by atoms with Gasteiger partial charge in [0, 0.05) is 18.3 Å². The van der Waals surface area contributed by atoms with Crippen molar-refractivity contribution >= 4 is 27.6 Å². The zero-order valence-corrected chi connectivity index (χ0v) is 19.3. The van der Waals surface area contributed by atoms with E-state index in [9.17, 15) is 18.0 Å². The van der Waals surface area contributed by atoms with E-state index in [1.165, 1.54) is 29.6 Å². The van der Waals surface area contributed by atoms with Crippen molar-refractivity contribution in [2.24, 2.45) is 0 Å². The maximum absolute atomic E-state index is 13.3. The van der Waals surface area contributed by atoms with Crippen LogP contribution in [0.5, 0.6) is 5.75 Å². The van der Waals surface area contributed by atoms with Gasteiger partial charge in [-0.1, -0.05) is 24.6 Å². The molecule has 9 heteroatoms. The van der Waals surface area contributed by atoms with Crippen LogP contribution in [-0.2, 0) is 19.6 Å². The van der Waals surface area contributed by atoms with Crippen molar-refractivity contribution < 1.29 is 27.5 Å². The third-order valence-electron chi connectivity index (χ3n) is 5.48. The first-order valence-corrected chi connectivity index (χ1v) is 11.9. The average Bonchev–Trinajstić information content (AvgIpc) is 2.78. The Balaban J connectivity index is 1.75. The maximum Gasteiger partial charge on any atom is 0.338 e. The second kappa shape index (κ2) is 10.1. The van der Waals surface area contributed by atoms with Gasteiger partial charge in [-0.25, -0.2) is 13.2 Å². The standard InChI is InChI=1S/C23H28N2O6S/c1-16-8-4-5-10-19(16)24-22(26)15-31-23(27)18-11-12-20(30-3)21(14-18)32(28,29)25-13-7-6-9-17(25)2/h4-5,8,10-12,14,17H,6-7,9,13,15H2,1-3H3,(H,24,26)/t17-/m0/s1. The van der Waals surface area contributed by atoms with Crippen molar-refractivity contribution in [3.63, 3.8) is 0 Å². The van der Waals surface area contributed by atoms with Crippen LogP contribution in [0.4, 0.5) is 5.69 Å². The molecule has 0 unspecified atom stereocenters. The van der Waals surface area contributed by atoms with Gasteiger partial charge in [-0.15, -0.1) is 0 Å². The Morgan fingerprint density at radius 2 is 1.91 bits per heavy atom. The quantitative estimate of drug-likeness (QED) is 0.636. The number of hydrogen-bond donors (Lipinski definition) is 1. The van der Waals surface area contributed by atoms with Crippen molar-refractivity contribution in [2.45, 2.75) is 44.0 Å². The van der Waals surface area contributed by atoms with Gasteiger partial charge < -0.3 is 14.8 Å². The van der Waals surface area contributed by atoms with Crippen molar-refractivity contribution in [1.82, 2.24) is 4.31 Å². The van der Waals surface area contributed by atoms with Gasteiger partial charge in [0.1, 0.15) is 10.6 Å². The second-order valence-electron chi connectivity index (χ2n) is 7.77. The van der Waals surface area contributed by atoms with Crippen molar-refractivity contribution in [3.05, 3.63) is 53.6 Å². The second-order valence-corrected chi connectivity index (χ2v) is 9.62. The van der Waals surface area contributed by atoms with E-state index in [1.807, 2.05) is 26.0 Å². The number of sulfonamides is 1. The molecule has 1 aliphatic heterocycles. The first-order chi connectivity index (χ1) is 15.2. The van der Waals surface area contributed by atoms with Gasteiger partial charge in [0.05, 0.1) is 12.7 Å². The molecule has 0 radical (unpaired) electrons. The fourth-order valence-electron chi connectivity index (χ4n) is 3.67. The normalized spacial score (nSPS) is 16.9. The van der Waals surface area contributed by atoms with E-state index < -0.39 is 28.5 Å². The predicted molar refractivity (Wildman–Crippen MR) is 120 cm³/mol. The summed E-state index contributed by atoms with van der Waals surface area (Å²) < 4.78 is 38.4. The molecule has 172 valence electrons. The molecule has 3 rings (SSSR count). The van der Waals surface area contributed by atoms with E-state index in [1.54, 1.807) is 12.1 Å². The van der Waals surface area contributed by atoms with Crippen LogP contribution in [-0.4, -0.2) is 50.9 Å². The summed E-state index contributed by atoms with van der Waals surface area (Å²) in [7, 11) is -2.49. The summed E-state index contributed by atoms with van der Waals surface area (Å²) in [5, 5.41) is 2.68. The van der Waals surface area contributed by atoms with Crippen LogP contribution >= 0.6 is 0 Å². The molecular formula is C23H28N2O6S. The molecular weight excluding hydrogens is 432 g/mol. The highest BCUT2D eigenvalue weighted by atomic mass is 32.2. The van der Waals surface area contributed by atoms with E-state index in [2.05, 4.69) is 5.32 Å². The van der Waals surface area contributed by atoms with Gasteiger partial charge in [0.2, 0.25) is 10.0 Å². The van der Waals surface area contributed by atoms with Crippen LogP contribution in [0.3, 0.4) is 0 Å². The van der Waals surface area contributed by atoms with Gasteiger partial charge in [-0.05, 0) is 56.5 Å². The highest BCUT2D eigenvalue weighted by Crippen LogP contribution is 2.31. The van der Waals surface area contributed by atoms with Crippen LogP contribution < -0.4 is 10.1 Å². The molecule has 2 aromatic rings. The fraction of sp³-hybridized carbons (Fsp3) is 0.391. The molecule has 1 N–H and O–H groups in total. The van der Waals surface area contributed by atoms with Crippen molar-refractivity contribution in [3.8, 4) is 5.75 Å². The molecule has 1 fully saturated rings. The number of nitrogens with zero attached hydrogens (tertiary/aromatic N) is 1. The summed E-state index contributed by atoms with van der Waals surface area (Å²) >= 11 is 0. The first-order valence-electron chi connectivity index (χ1n) is 10.5. The lowest BCUT2D eigenvalue weighted by Gasteiger charge is -2.32. The number of carbonyl (C=O) groups excluding carboxylic acids is 2. The zero-order valence-electron chi connectivity index (χ0n) is 18.5. The van der Waals surface area contributed by atoms with Gasteiger partial charge in [0.15, 0.2) is 6.61 Å². The lowest BCUT2D eigenvalue weighted by molar-refractivity contribution is -0.119. The molecule has 0 aliphatic carbocycles. The fourth-order valence-corrected chi connectivity index (χ4v) is 5.56. The van der Waals surface area contributed by atoms with Crippen LogP contribution in [0.15, 0.2) is 47.4 Å². The van der Waals surface area contributed by atoms with Crippen molar-refractivity contribution in [1.29, 1.82) is 0 Å². The Bertz CT molecular complexity index is 1100. The largest absolute Gasteiger partial charge is 0.495 e. The van der Waals surface area contributed by atoms with Gasteiger partial charge in [-0.3, -0.25) is 4.79 Å². The number of rotatable bonds is 7. The minimum absolute atomic E-state index is 0.0257. The summed E-state index contributed by atoms with van der Waals surface area (Å²) in [6.45, 7) is 3.64. The Morgan fingerprint density at radius 1 is 1.16 bits per heavy atom. The SMILES string of the molecule is COc1ccc(C(=O)OCC(=O)Nc2ccccc2C)cc1S(=O)(=O)N1CCCC[C@@H]1C. The Morgan fingerprint density at radius 3 is 2.59 bits per heavy atom. The molecule has 8 nitrogen and oxygen atoms in total. The minimum Gasteiger partial charge on any atom is -0.495 e. The lowest BCUT2D eigenvalue weighted by Crippen LogP contribution is -2.42.